The molecule has 0 radical (unpaired) electrons. The van der Waals surface area contributed by atoms with Crippen LogP contribution in [-0.4, -0.2) is 16.2 Å². The van der Waals surface area contributed by atoms with E-state index in [0.717, 1.165) is 37.8 Å². The molecule has 0 saturated heterocycles. The summed E-state index contributed by atoms with van der Waals surface area (Å²) in [5, 5.41) is 4.55. The summed E-state index contributed by atoms with van der Waals surface area (Å²) in [5.41, 5.74) is 8.38. The van der Waals surface area contributed by atoms with Gasteiger partial charge in [-0.05, 0) is 18.4 Å². The van der Waals surface area contributed by atoms with Crippen molar-refractivity contribution in [3.63, 3.8) is 0 Å². The van der Waals surface area contributed by atoms with Crippen molar-refractivity contribution in [1.29, 1.82) is 0 Å². The molecule has 0 bridgehead atoms. The Morgan fingerprint density at radius 2 is 2.10 bits per heavy atom. The highest BCUT2D eigenvalue weighted by molar-refractivity contribution is 7.98. The van der Waals surface area contributed by atoms with Crippen LogP contribution < -0.4 is 5.73 Å². The summed E-state index contributed by atoms with van der Waals surface area (Å²) >= 11 is 3.04. The summed E-state index contributed by atoms with van der Waals surface area (Å²) in [6.45, 7) is 0. The number of nitrogens with two attached hydrogens (primary N) is 1. The smallest absolute Gasteiger partial charge is 0.189 e. The molecule has 3 heterocycles. The first-order valence-corrected chi connectivity index (χ1v) is 8.44. The summed E-state index contributed by atoms with van der Waals surface area (Å²) in [6, 6.07) is 9.91. The van der Waals surface area contributed by atoms with E-state index >= 15 is 0 Å². The van der Waals surface area contributed by atoms with Crippen molar-refractivity contribution in [3.05, 3.63) is 35.7 Å². The van der Waals surface area contributed by atoms with E-state index < -0.39 is 0 Å². The number of nitrogens with zero attached hydrogens (tertiary/aromatic N) is 2. The van der Waals surface area contributed by atoms with Crippen LogP contribution >= 0.6 is 23.1 Å². The molecule has 6 heteroatoms. The van der Waals surface area contributed by atoms with Crippen molar-refractivity contribution in [3.8, 4) is 11.5 Å². The first-order chi connectivity index (χ1) is 10.3. The Labute approximate surface area is 129 Å². The summed E-state index contributed by atoms with van der Waals surface area (Å²) < 4.78 is 5.94. The van der Waals surface area contributed by atoms with E-state index in [9.17, 15) is 0 Å². The van der Waals surface area contributed by atoms with Gasteiger partial charge in [0.15, 0.2) is 10.9 Å². The number of hydrogen-bond acceptors (Lipinski definition) is 6. The third-order valence-electron chi connectivity index (χ3n) is 3.28. The fourth-order valence-electron chi connectivity index (χ4n) is 2.31. The number of benzene rings is 1. The minimum absolute atomic E-state index is 0.693. The van der Waals surface area contributed by atoms with E-state index in [0.29, 0.717) is 5.69 Å². The fourth-order valence-corrected chi connectivity index (χ4v) is 3.56. The Balaban J connectivity index is 2.05. The number of thiophene rings is 1. The van der Waals surface area contributed by atoms with Crippen LogP contribution in [0.4, 0.5) is 5.69 Å². The summed E-state index contributed by atoms with van der Waals surface area (Å²) in [5.74, 6) is 0.726. The van der Waals surface area contributed by atoms with E-state index in [1.807, 2.05) is 42.0 Å². The number of rotatable bonds is 2. The van der Waals surface area contributed by atoms with Gasteiger partial charge in [-0.25, -0.2) is 9.97 Å². The number of nitrogen functional groups attached to an aromatic ring is 1. The van der Waals surface area contributed by atoms with Crippen molar-refractivity contribution in [1.82, 2.24) is 9.97 Å². The molecule has 21 heavy (non-hydrogen) atoms. The van der Waals surface area contributed by atoms with E-state index in [-0.39, 0.29) is 0 Å². The number of furan rings is 1. The highest BCUT2D eigenvalue weighted by Gasteiger charge is 2.17. The first kappa shape index (κ1) is 12.7. The molecule has 0 saturated carbocycles. The second kappa shape index (κ2) is 4.75. The summed E-state index contributed by atoms with van der Waals surface area (Å²) in [4.78, 5) is 10.00. The SMILES string of the molecule is CSc1nc(-c2cc3ccccc3o2)c2c(N)csc2n1. The molecule has 0 unspecified atom stereocenters. The molecule has 0 atom stereocenters. The van der Waals surface area contributed by atoms with Gasteiger partial charge in [-0.15, -0.1) is 11.3 Å². The van der Waals surface area contributed by atoms with Gasteiger partial charge in [-0.3, -0.25) is 0 Å². The number of thioether (sulfide) groups is 1. The third kappa shape index (κ3) is 1.99. The van der Waals surface area contributed by atoms with E-state index in [1.165, 1.54) is 23.1 Å². The van der Waals surface area contributed by atoms with Gasteiger partial charge < -0.3 is 10.2 Å². The average Bonchev–Trinajstić information content (AvgIpc) is 3.10. The molecule has 2 N–H and O–H groups in total. The van der Waals surface area contributed by atoms with Gasteiger partial charge in [-0.1, -0.05) is 30.0 Å². The van der Waals surface area contributed by atoms with E-state index in [2.05, 4.69) is 9.97 Å². The normalized spacial score (nSPS) is 11.5. The van der Waals surface area contributed by atoms with Gasteiger partial charge in [0.2, 0.25) is 0 Å². The molecule has 0 aliphatic heterocycles. The number of para-hydroxylation sites is 1. The van der Waals surface area contributed by atoms with E-state index in [4.69, 9.17) is 10.2 Å². The maximum Gasteiger partial charge on any atom is 0.189 e. The van der Waals surface area contributed by atoms with Gasteiger partial charge in [0.25, 0.3) is 0 Å². The van der Waals surface area contributed by atoms with Gasteiger partial charge in [0.1, 0.15) is 16.1 Å². The Kier molecular flexibility index (Phi) is 2.87. The molecule has 0 aliphatic carbocycles. The molecule has 4 nitrogen and oxygen atoms in total. The van der Waals surface area contributed by atoms with Crippen LogP contribution in [0.3, 0.4) is 0 Å². The highest BCUT2D eigenvalue weighted by Crippen LogP contribution is 2.37. The molecule has 0 fully saturated rings. The molecule has 1 aromatic carbocycles. The lowest BCUT2D eigenvalue weighted by molar-refractivity contribution is 0.628. The van der Waals surface area contributed by atoms with Gasteiger partial charge in [0.05, 0.1) is 11.1 Å². The van der Waals surface area contributed by atoms with Gasteiger partial charge >= 0.3 is 0 Å². The topological polar surface area (TPSA) is 64.9 Å². The third-order valence-corrected chi connectivity index (χ3v) is 4.72. The Morgan fingerprint density at radius 3 is 2.90 bits per heavy atom. The van der Waals surface area contributed by atoms with Crippen molar-refractivity contribution in [2.45, 2.75) is 5.16 Å². The number of hydrogen-bond donors (Lipinski definition) is 1. The Bertz CT molecular complexity index is 925. The maximum atomic E-state index is 6.08. The zero-order valence-electron chi connectivity index (χ0n) is 11.2. The second-order valence-corrected chi connectivity index (χ2v) is 6.21. The average molecular weight is 313 g/mol. The number of aromatic nitrogens is 2. The fraction of sp³-hybridized carbons (Fsp3) is 0.0667. The van der Waals surface area contributed by atoms with Crippen molar-refractivity contribution >= 4 is 50.0 Å². The van der Waals surface area contributed by atoms with Crippen LogP contribution in [0, 0.1) is 0 Å². The van der Waals surface area contributed by atoms with Crippen molar-refractivity contribution in [2.24, 2.45) is 0 Å². The zero-order chi connectivity index (χ0) is 14.4. The number of fused-ring (bicyclic) bond motifs is 2. The Morgan fingerprint density at radius 1 is 1.24 bits per heavy atom. The molecule has 0 amide bonds. The maximum absolute atomic E-state index is 6.08. The monoisotopic (exact) mass is 313 g/mol. The quantitative estimate of drug-likeness (QED) is 0.438. The van der Waals surface area contributed by atoms with Crippen molar-refractivity contribution in [2.75, 3.05) is 12.0 Å². The zero-order valence-corrected chi connectivity index (χ0v) is 12.8. The first-order valence-electron chi connectivity index (χ1n) is 6.34. The van der Waals surface area contributed by atoms with Gasteiger partial charge in [0, 0.05) is 10.8 Å². The van der Waals surface area contributed by atoms with Crippen LogP contribution in [0.15, 0.2) is 45.3 Å². The molecule has 4 rings (SSSR count). The van der Waals surface area contributed by atoms with Crippen LogP contribution in [-0.2, 0) is 0 Å². The van der Waals surface area contributed by atoms with Crippen LogP contribution in [0.5, 0.6) is 0 Å². The largest absolute Gasteiger partial charge is 0.454 e. The minimum atomic E-state index is 0.693. The summed E-state index contributed by atoms with van der Waals surface area (Å²) in [7, 11) is 0. The molecule has 0 aliphatic rings. The lowest BCUT2D eigenvalue weighted by Crippen LogP contribution is -1.92. The Hall–Kier alpha value is -2.05. The predicted molar refractivity (Wildman–Crippen MR) is 88.8 cm³/mol. The molecular formula is C15H11N3OS2. The second-order valence-electron chi connectivity index (χ2n) is 4.58. The standard InChI is InChI=1S/C15H11N3OS2/c1-20-15-17-13(12-9(16)7-21-14(12)18-15)11-6-8-4-2-3-5-10(8)19-11/h2-7H,16H2,1H3. The lowest BCUT2D eigenvalue weighted by atomic mass is 10.2. The van der Waals surface area contributed by atoms with Crippen LogP contribution in [0.1, 0.15) is 0 Å². The molecule has 3 aromatic heterocycles. The molecular weight excluding hydrogens is 302 g/mol. The number of anilines is 1. The molecule has 104 valence electrons. The minimum Gasteiger partial charge on any atom is -0.454 e. The molecule has 4 aromatic rings. The summed E-state index contributed by atoms with van der Waals surface area (Å²) in [6.07, 6.45) is 1.96. The van der Waals surface area contributed by atoms with Crippen LogP contribution in [0.2, 0.25) is 0 Å². The van der Waals surface area contributed by atoms with Crippen molar-refractivity contribution < 1.29 is 4.42 Å². The molecule has 0 spiro atoms. The van der Waals surface area contributed by atoms with Gasteiger partial charge in [-0.2, -0.15) is 0 Å². The van der Waals surface area contributed by atoms with E-state index in [1.54, 1.807) is 0 Å². The highest BCUT2D eigenvalue weighted by atomic mass is 32.2. The van der Waals surface area contributed by atoms with Crippen LogP contribution in [0.25, 0.3) is 32.6 Å². The lowest BCUT2D eigenvalue weighted by Gasteiger charge is -2.02. The predicted octanol–water partition coefficient (Wildman–Crippen LogP) is 4.41.